The minimum atomic E-state index is -0.704. The van der Waals surface area contributed by atoms with Gasteiger partial charge in [-0.2, -0.15) is 0 Å². The molecule has 8 heteroatoms. The van der Waals surface area contributed by atoms with Crippen LogP contribution in [0, 0.1) is 10.1 Å². The Morgan fingerprint density at radius 2 is 1.93 bits per heavy atom. The molecule has 1 aliphatic rings. The van der Waals surface area contributed by atoms with E-state index in [0.717, 1.165) is 25.9 Å². The fourth-order valence-electron chi connectivity index (χ4n) is 3.35. The van der Waals surface area contributed by atoms with E-state index in [-0.39, 0.29) is 24.2 Å². The number of non-ortho nitro benzene ring substituents is 1. The van der Waals surface area contributed by atoms with Crippen LogP contribution in [0.4, 0.5) is 5.69 Å². The van der Waals surface area contributed by atoms with Crippen LogP contribution in [0.2, 0.25) is 0 Å². The number of nitrogens with one attached hydrogen (secondary N) is 1. The minimum absolute atomic E-state index is 0.0448. The van der Waals surface area contributed by atoms with Gasteiger partial charge in [0.2, 0.25) is 0 Å². The van der Waals surface area contributed by atoms with Gasteiger partial charge in [-0.1, -0.05) is 24.3 Å². The summed E-state index contributed by atoms with van der Waals surface area (Å²) >= 11 is 0. The molecule has 3 rings (SSSR count). The van der Waals surface area contributed by atoms with Crippen molar-refractivity contribution in [2.45, 2.75) is 25.0 Å². The molecule has 0 aromatic heterocycles. The average molecular weight is 399 g/mol. The lowest BCUT2D eigenvalue weighted by Gasteiger charge is -2.33. The summed E-state index contributed by atoms with van der Waals surface area (Å²) in [5, 5.41) is 24.1. The van der Waals surface area contributed by atoms with E-state index in [1.54, 1.807) is 24.3 Å². The van der Waals surface area contributed by atoms with Crippen LogP contribution < -0.4 is 10.1 Å². The van der Waals surface area contributed by atoms with Crippen molar-refractivity contribution >= 4 is 11.6 Å². The second-order valence-corrected chi connectivity index (χ2v) is 7.13. The van der Waals surface area contributed by atoms with Gasteiger partial charge in [-0.05, 0) is 31.0 Å². The first-order valence-electron chi connectivity index (χ1n) is 9.65. The van der Waals surface area contributed by atoms with E-state index in [2.05, 4.69) is 10.2 Å². The Balaban J connectivity index is 1.38. The van der Waals surface area contributed by atoms with Gasteiger partial charge in [0.05, 0.1) is 11.0 Å². The van der Waals surface area contributed by atoms with Gasteiger partial charge in [0, 0.05) is 37.3 Å². The van der Waals surface area contributed by atoms with Gasteiger partial charge in [0.15, 0.2) is 0 Å². The maximum Gasteiger partial charge on any atom is 0.273 e. The van der Waals surface area contributed by atoms with Crippen molar-refractivity contribution in [2.24, 2.45) is 0 Å². The third-order valence-corrected chi connectivity index (χ3v) is 4.90. The number of aliphatic hydroxyl groups is 1. The van der Waals surface area contributed by atoms with Crippen LogP contribution in [-0.4, -0.2) is 59.2 Å². The highest BCUT2D eigenvalue weighted by molar-refractivity contribution is 5.94. The van der Waals surface area contributed by atoms with Crippen molar-refractivity contribution in [1.29, 1.82) is 0 Å². The summed E-state index contributed by atoms with van der Waals surface area (Å²) < 4.78 is 5.48. The number of hydrogen-bond donors (Lipinski definition) is 2. The van der Waals surface area contributed by atoms with Gasteiger partial charge in [-0.25, -0.2) is 0 Å². The number of β-amino-alcohol motifs (C(OH)–C–C–N with tert-alkyl or cyclic N) is 1. The molecule has 29 heavy (non-hydrogen) atoms. The number of amides is 1. The summed E-state index contributed by atoms with van der Waals surface area (Å²) in [6.45, 7) is 2.06. The van der Waals surface area contributed by atoms with E-state index in [1.165, 1.54) is 12.1 Å². The molecule has 1 saturated heterocycles. The van der Waals surface area contributed by atoms with Gasteiger partial charge in [0.1, 0.15) is 18.5 Å². The molecule has 1 heterocycles. The standard InChI is InChI=1S/C21H25N3O5/c25-19(15-29-20-8-4-7-18(13-20)24(27)28)14-23-11-9-17(10-12-23)22-21(26)16-5-2-1-3-6-16/h1-8,13,17,19,25H,9-12,14-15H2,(H,22,26). The van der Waals surface area contributed by atoms with Crippen LogP contribution >= 0.6 is 0 Å². The summed E-state index contributed by atoms with van der Waals surface area (Å²) in [6.07, 6.45) is 0.929. The number of nitrogens with zero attached hydrogens (tertiary/aromatic N) is 2. The van der Waals surface area contributed by atoms with E-state index in [1.807, 2.05) is 18.2 Å². The summed E-state index contributed by atoms with van der Waals surface area (Å²) in [6, 6.07) is 15.2. The predicted octanol–water partition coefficient (Wildman–Crippen LogP) is 2.23. The average Bonchev–Trinajstić information content (AvgIpc) is 2.74. The number of rotatable bonds is 8. The first kappa shape index (κ1) is 20.8. The normalized spacial score (nSPS) is 16.2. The molecule has 154 valence electrons. The van der Waals surface area contributed by atoms with Gasteiger partial charge >= 0.3 is 0 Å². The van der Waals surface area contributed by atoms with Crippen molar-refractivity contribution in [3.8, 4) is 5.75 Å². The number of carbonyl (C=O) groups is 1. The zero-order chi connectivity index (χ0) is 20.6. The maximum atomic E-state index is 12.2. The lowest BCUT2D eigenvalue weighted by Crippen LogP contribution is -2.47. The molecule has 0 spiro atoms. The van der Waals surface area contributed by atoms with E-state index >= 15 is 0 Å². The number of nitro benzene ring substituents is 1. The number of hydrogen-bond acceptors (Lipinski definition) is 6. The van der Waals surface area contributed by atoms with Crippen molar-refractivity contribution in [2.75, 3.05) is 26.2 Å². The molecule has 0 radical (unpaired) electrons. The van der Waals surface area contributed by atoms with Gasteiger partial charge < -0.3 is 20.1 Å². The Hall–Kier alpha value is -2.97. The van der Waals surface area contributed by atoms with Crippen LogP contribution in [-0.2, 0) is 0 Å². The maximum absolute atomic E-state index is 12.2. The monoisotopic (exact) mass is 399 g/mol. The Labute approximate surface area is 169 Å². The lowest BCUT2D eigenvalue weighted by atomic mass is 10.0. The molecule has 2 aromatic carbocycles. The van der Waals surface area contributed by atoms with Crippen LogP contribution in [0.3, 0.4) is 0 Å². The molecule has 1 atom stereocenters. The topological polar surface area (TPSA) is 105 Å². The lowest BCUT2D eigenvalue weighted by molar-refractivity contribution is -0.384. The second kappa shape index (κ2) is 9.99. The Kier molecular flexibility index (Phi) is 7.15. The molecule has 1 amide bonds. The molecule has 0 bridgehead atoms. The highest BCUT2D eigenvalue weighted by Crippen LogP contribution is 2.19. The number of nitro groups is 1. The number of ether oxygens (including phenoxy) is 1. The second-order valence-electron chi connectivity index (χ2n) is 7.13. The largest absolute Gasteiger partial charge is 0.491 e. The minimum Gasteiger partial charge on any atom is -0.491 e. The van der Waals surface area contributed by atoms with Crippen molar-refractivity contribution in [3.63, 3.8) is 0 Å². The fourth-order valence-corrected chi connectivity index (χ4v) is 3.35. The zero-order valence-electron chi connectivity index (χ0n) is 16.1. The van der Waals surface area contributed by atoms with Gasteiger partial charge in [-0.3, -0.25) is 14.9 Å². The molecule has 8 nitrogen and oxygen atoms in total. The van der Waals surface area contributed by atoms with Crippen LogP contribution in [0.1, 0.15) is 23.2 Å². The highest BCUT2D eigenvalue weighted by atomic mass is 16.6. The summed E-state index contributed by atoms with van der Waals surface area (Å²) in [5.41, 5.74) is 0.611. The van der Waals surface area contributed by atoms with Crippen molar-refractivity contribution < 1.29 is 19.6 Å². The molecule has 1 aliphatic heterocycles. The smallest absolute Gasteiger partial charge is 0.273 e. The van der Waals surface area contributed by atoms with Crippen LogP contribution in [0.5, 0.6) is 5.75 Å². The number of piperidine rings is 1. The Morgan fingerprint density at radius 1 is 1.21 bits per heavy atom. The third kappa shape index (κ3) is 6.27. The number of likely N-dealkylation sites (tertiary alicyclic amines) is 1. The number of benzene rings is 2. The SMILES string of the molecule is O=C(NC1CCN(CC(O)COc2cccc([N+](=O)[O-])c2)CC1)c1ccccc1. The first-order chi connectivity index (χ1) is 14.0. The fraction of sp³-hybridized carbons (Fsp3) is 0.381. The molecular weight excluding hydrogens is 374 g/mol. The number of carbonyl (C=O) groups excluding carboxylic acids is 1. The molecular formula is C21H25N3O5. The first-order valence-corrected chi connectivity index (χ1v) is 9.65. The van der Waals surface area contributed by atoms with E-state index in [0.29, 0.717) is 17.9 Å². The van der Waals surface area contributed by atoms with E-state index in [9.17, 15) is 20.0 Å². The zero-order valence-corrected chi connectivity index (χ0v) is 16.1. The van der Waals surface area contributed by atoms with Gasteiger partial charge in [0.25, 0.3) is 11.6 Å². The van der Waals surface area contributed by atoms with Crippen LogP contribution in [0.15, 0.2) is 54.6 Å². The summed E-state index contributed by atoms with van der Waals surface area (Å²) in [7, 11) is 0. The Bertz CT molecular complexity index is 822. The molecule has 1 fully saturated rings. The summed E-state index contributed by atoms with van der Waals surface area (Å²) in [5.74, 6) is 0.301. The Morgan fingerprint density at radius 3 is 2.62 bits per heavy atom. The van der Waals surface area contributed by atoms with E-state index < -0.39 is 11.0 Å². The molecule has 1 unspecified atom stereocenters. The van der Waals surface area contributed by atoms with Crippen molar-refractivity contribution in [1.82, 2.24) is 10.2 Å². The molecule has 2 N–H and O–H groups in total. The summed E-state index contributed by atoms with van der Waals surface area (Å²) in [4.78, 5) is 24.7. The third-order valence-electron chi connectivity index (χ3n) is 4.90. The van der Waals surface area contributed by atoms with Crippen molar-refractivity contribution in [3.05, 3.63) is 70.3 Å². The quantitative estimate of drug-likeness (QED) is 0.521. The van der Waals surface area contributed by atoms with Crippen LogP contribution in [0.25, 0.3) is 0 Å². The highest BCUT2D eigenvalue weighted by Gasteiger charge is 2.23. The van der Waals surface area contributed by atoms with Gasteiger partial charge in [-0.15, -0.1) is 0 Å². The number of aliphatic hydroxyl groups excluding tert-OH is 1. The van der Waals surface area contributed by atoms with E-state index in [4.69, 9.17) is 4.74 Å². The molecule has 2 aromatic rings. The predicted molar refractivity (Wildman–Crippen MR) is 108 cm³/mol. The molecule has 0 aliphatic carbocycles. The molecule has 0 saturated carbocycles.